The third-order valence-corrected chi connectivity index (χ3v) is 2.56. The predicted octanol–water partition coefficient (Wildman–Crippen LogP) is 1.66. The van der Waals surface area contributed by atoms with Gasteiger partial charge in [0.05, 0.1) is 11.9 Å². The van der Waals surface area contributed by atoms with Crippen molar-refractivity contribution in [3.05, 3.63) is 22.4 Å². The zero-order chi connectivity index (χ0) is 10.3. The van der Waals surface area contributed by atoms with Gasteiger partial charge in [-0.05, 0) is 26.1 Å². The summed E-state index contributed by atoms with van der Waals surface area (Å²) in [5.41, 5.74) is 2.86. The summed E-state index contributed by atoms with van der Waals surface area (Å²) >= 11 is 4.91. The van der Waals surface area contributed by atoms with Crippen LogP contribution in [-0.4, -0.2) is 19.5 Å². The van der Waals surface area contributed by atoms with E-state index < -0.39 is 0 Å². The van der Waals surface area contributed by atoms with Gasteiger partial charge in [-0.2, -0.15) is 4.98 Å². The summed E-state index contributed by atoms with van der Waals surface area (Å²) in [5, 5.41) is 0. The molecule has 0 spiro atoms. The maximum absolute atomic E-state index is 4.91. The molecule has 72 valence electrons. The number of aromatic nitrogens is 4. The summed E-state index contributed by atoms with van der Waals surface area (Å²) in [6, 6.07) is 0. The van der Waals surface area contributed by atoms with Gasteiger partial charge in [0.15, 0.2) is 5.82 Å². The van der Waals surface area contributed by atoms with Crippen LogP contribution in [0.15, 0.2) is 6.20 Å². The SMILES string of the molecule is Cc1nc2cnc(=S)nc-2n(C)c1C. The lowest BCUT2D eigenvalue weighted by Gasteiger charge is -2.13. The first kappa shape index (κ1) is 9.21. The standard InChI is InChI=1S/C9H10N4S/c1-5-6(2)13(3)8-7(11-5)4-10-9(14)12-8/h4H,1-3H3. The van der Waals surface area contributed by atoms with Crippen LogP contribution in [0, 0.1) is 18.6 Å². The summed E-state index contributed by atoms with van der Waals surface area (Å²) < 4.78 is 2.34. The summed E-state index contributed by atoms with van der Waals surface area (Å²) in [5.74, 6) is 0.785. The number of rotatable bonds is 0. The molecule has 0 aliphatic carbocycles. The minimum absolute atomic E-state index is 0.359. The van der Waals surface area contributed by atoms with Gasteiger partial charge in [-0.1, -0.05) is 0 Å². The molecule has 0 bridgehead atoms. The molecule has 0 unspecified atom stereocenters. The molecule has 2 aliphatic heterocycles. The van der Waals surface area contributed by atoms with Crippen molar-refractivity contribution in [2.45, 2.75) is 13.8 Å². The molecule has 5 heteroatoms. The van der Waals surface area contributed by atoms with Crippen molar-refractivity contribution in [3.63, 3.8) is 0 Å². The maximum Gasteiger partial charge on any atom is 0.221 e. The minimum Gasteiger partial charge on any atom is -0.330 e. The van der Waals surface area contributed by atoms with Gasteiger partial charge in [0.2, 0.25) is 4.77 Å². The van der Waals surface area contributed by atoms with Gasteiger partial charge in [0.25, 0.3) is 0 Å². The van der Waals surface area contributed by atoms with Gasteiger partial charge in [0.1, 0.15) is 5.69 Å². The largest absolute Gasteiger partial charge is 0.330 e. The lowest BCUT2D eigenvalue weighted by Crippen LogP contribution is -2.10. The Morgan fingerprint density at radius 3 is 2.71 bits per heavy atom. The average molecular weight is 206 g/mol. The summed E-state index contributed by atoms with van der Waals surface area (Å²) in [6.07, 6.45) is 1.66. The van der Waals surface area contributed by atoms with Crippen molar-refractivity contribution in [3.8, 4) is 11.5 Å². The molecule has 0 amide bonds. The molecule has 4 nitrogen and oxygen atoms in total. The molecule has 2 rings (SSSR count). The normalized spacial score (nSPS) is 10.8. The first-order chi connectivity index (χ1) is 6.59. The van der Waals surface area contributed by atoms with E-state index >= 15 is 0 Å². The Kier molecular flexibility index (Phi) is 2.03. The van der Waals surface area contributed by atoms with E-state index in [1.165, 1.54) is 0 Å². The van der Waals surface area contributed by atoms with Gasteiger partial charge >= 0.3 is 0 Å². The third kappa shape index (κ3) is 1.29. The van der Waals surface area contributed by atoms with E-state index in [0.717, 1.165) is 22.9 Å². The first-order valence-corrected chi connectivity index (χ1v) is 4.67. The molecule has 2 aliphatic rings. The maximum atomic E-state index is 4.91. The fourth-order valence-corrected chi connectivity index (χ4v) is 1.48. The predicted molar refractivity (Wildman–Crippen MR) is 55.7 cm³/mol. The van der Waals surface area contributed by atoms with Crippen LogP contribution in [-0.2, 0) is 7.05 Å². The van der Waals surface area contributed by atoms with Gasteiger partial charge in [-0.25, -0.2) is 9.97 Å². The van der Waals surface area contributed by atoms with Crippen molar-refractivity contribution in [1.82, 2.24) is 19.5 Å². The fourth-order valence-electron chi connectivity index (χ4n) is 1.34. The second-order valence-corrected chi connectivity index (χ2v) is 3.57. The molecule has 0 N–H and O–H groups in total. The smallest absolute Gasteiger partial charge is 0.221 e. The fraction of sp³-hybridized carbons (Fsp3) is 0.333. The highest BCUT2D eigenvalue weighted by atomic mass is 32.1. The Morgan fingerprint density at radius 1 is 1.29 bits per heavy atom. The Hall–Kier alpha value is -1.36. The molecular formula is C9H10N4S. The van der Waals surface area contributed by atoms with Crippen LogP contribution in [0.2, 0.25) is 0 Å². The molecule has 2 heterocycles. The zero-order valence-electron chi connectivity index (χ0n) is 8.27. The molecule has 0 atom stereocenters. The lowest BCUT2D eigenvalue weighted by atomic mass is 10.3. The summed E-state index contributed by atoms with van der Waals surface area (Å²) in [4.78, 5) is 12.5. The monoisotopic (exact) mass is 206 g/mol. The van der Waals surface area contributed by atoms with Gasteiger partial charge in [0, 0.05) is 12.7 Å². The third-order valence-electron chi connectivity index (χ3n) is 2.36. The second-order valence-electron chi connectivity index (χ2n) is 3.20. The minimum atomic E-state index is 0.359. The topological polar surface area (TPSA) is 43.6 Å². The molecule has 0 aromatic rings. The molecule has 14 heavy (non-hydrogen) atoms. The lowest BCUT2D eigenvalue weighted by molar-refractivity contribution is 0.795. The highest BCUT2D eigenvalue weighted by Crippen LogP contribution is 2.17. The van der Waals surface area contributed by atoms with E-state index in [0.29, 0.717) is 4.77 Å². The van der Waals surface area contributed by atoms with Crippen LogP contribution in [0.5, 0.6) is 0 Å². The van der Waals surface area contributed by atoms with Crippen molar-refractivity contribution >= 4 is 12.2 Å². The van der Waals surface area contributed by atoms with E-state index in [1.54, 1.807) is 6.20 Å². The molecule has 0 fully saturated rings. The van der Waals surface area contributed by atoms with E-state index in [9.17, 15) is 0 Å². The average Bonchev–Trinajstić information content (AvgIpc) is 2.16. The number of nitrogens with zero attached hydrogens (tertiary/aromatic N) is 4. The number of aryl methyl sites for hydroxylation is 1. The highest BCUT2D eigenvalue weighted by molar-refractivity contribution is 7.71. The zero-order valence-corrected chi connectivity index (χ0v) is 9.09. The second kappa shape index (κ2) is 3.09. The van der Waals surface area contributed by atoms with Crippen molar-refractivity contribution in [2.24, 2.45) is 7.05 Å². The van der Waals surface area contributed by atoms with Gasteiger partial charge < -0.3 is 4.57 Å². The van der Waals surface area contributed by atoms with Crippen molar-refractivity contribution in [2.75, 3.05) is 0 Å². The highest BCUT2D eigenvalue weighted by Gasteiger charge is 2.11. The number of fused-ring (bicyclic) bond motifs is 1. The molecule has 0 aromatic heterocycles. The number of hydrogen-bond donors (Lipinski definition) is 0. The van der Waals surface area contributed by atoms with E-state index in [1.807, 2.05) is 25.5 Å². The summed E-state index contributed by atoms with van der Waals surface area (Å²) in [6.45, 7) is 3.98. The molecule has 0 saturated carbocycles. The molecule has 0 saturated heterocycles. The van der Waals surface area contributed by atoms with Gasteiger partial charge in [-0.3, -0.25) is 0 Å². The van der Waals surface area contributed by atoms with E-state index in [-0.39, 0.29) is 0 Å². The van der Waals surface area contributed by atoms with Crippen molar-refractivity contribution in [1.29, 1.82) is 0 Å². The van der Waals surface area contributed by atoms with E-state index in [2.05, 4.69) is 15.0 Å². The van der Waals surface area contributed by atoms with Crippen LogP contribution in [0.3, 0.4) is 0 Å². The van der Waals surface area contributed by atoms with Crippen LogP contribution >= 0.6 is 12.2 Å². The Bertz CT molecular complexity index is 517. The molecule has 0 radical (unpaired) electrons. The van der Waals surface area contributed by atoms with Crippen LogP contribution in [0.4, 0.5) is 0 Å². The van der Waals surface area contributed by atoms with Crippen LogP contribution in [0.1, 0.15) is 11.4 Å². The first-order valence-electron chi connectivity index (χ1n) is 4.26. The summed E-state index contributed by atoms with van der Waals surface area (Å²) in [7, 11) is 1.95. The van der Waals surface area contributed by atoms with Crippen molar-refractivity contribution < 1.29 is 0 Å². The van der Waals surface area contributed by atoms with E-state index in [4.69, 9.17) is 12.2 Å². The van der Waals surface area contributed by atoms with Crippen LogP contribution < -0.4 is 0 Å². The number of hydrogen-bond acceptors (Lipinski definition) is 4. The Balaban J connectivity index is 2.92. The Morgan fingerprint density at radius 2 is 2.00 bits per heavy atom. The van der Waals surface area contributed by atoms with Gasteiger partial charge in [-0.15, -0.1) is 0 Å². The molecular weight excluding hydrogens is 196 g/mol. The Labute approximate surface area is 87.0 Å². The quantitative estimate of drug-likeness (QED) is 0.615. The van der Waals surface area contributed by atoms with Crippen LogP contribution in [0.25, 0.3) is 11.5 Å². The molecule has 0 aromatic carbocycles.